The molecule has 0 radical (unpaired) electrons. The zero-order valence-electron chi connectivity index (χ0n) is 13.4. The van der Waals surface area contributed by atoms with Gasteiger partial charge in [0.25, 0.3) is 5.91 Å². The number of amides is 1. The summed E-state index contributed by atoms with van der Waals surface area (Å²) in [7, 11) is 0. The molecule has 2 N–H and O–H groups in total. The molecule has 0 aromatic carbocycles. The Morgan fingerprint density at radius 2 is 1.96 bits per heavy atom. The summed E-state index contributed by atoms with van der Waals surface area (Å²) >= 11 is 0. The Labute approximate surface area is 143 Å². The van der Waals surface area contributed by atoms with Crippen LogP contribution in [0.2, 0.25) is 0 Å². The smallest absolute Gasteiger partial charge is 0.273 e. The van der Waals surface area contributed by atoms with Crippen LogP contribution in [-0.4, -0.2) is 51.4 Å². The number of likely N-dealkylation sites (tertiary alicyclic amines) is 1. The van der Waals surface area contributed by atoms with E-state index in [1.807, 2.05) is 0 Å². The second-order valence-electron chi connectivity index (χ2n) is 7.18. The molecule has 0 bridgehead atoms. The maximum atomic E-state index is 12.3. The lowest BCUT2D eigenvalue weighted by Crippen LogP contribution is -2.42. The minimum Gasteiger partial charge on any atom is -0.346 e. The molecular formula is C16H26ClN5O. The van der Waals surface area contributed by atoms with Gasteiger partial charge in [0, 0.05) is 25.2 Å². The molecule has 0 unspecified atom stereocenters. The number of hydrogen-bond acceptors (Lipinski definition) is 4. The highest BCUT2D eigenvalue weighted by Gasteiger charge is 2.44. The van der Waals surface area contributed by atoms with Crippen molar-refractivity contribution in [1.82, 2.24) is 25.6 Å². The molecule has 0 spiro atoms. The molecule has 2 aliphatic carbocycles. The van der Waals surface area contributed by atoms with Crippen molar-refractivity contribution in [2.45, 2.75) is 57.0 Å². The average Bonchev–Trinajstić information content (AvgIpc) is 3.09. The van der Waals surface area contributed by atoms with Crippen molar-refractivity contribution in [3.05, 3.63) is 11.9 Å². The third-order valence-corrected chi connectivity index (χ3v) is 5.68. The van der Waals surface area contributed by atoms with Crippen molar-refractivity contribution >= 4 is 18.3 Å². The van der Waals surface area contributed by atoms with E-state index in [2.05, 4.69) is 25.6 Å². The number of H-pyrrole nitrogens is 1. The molecule has 1 aliphatic heterocycles. The van der Waals surface area contributed by atoms with Crippen molar-refractivity contribution in [3.8, 4) is 0 Å². The Morgan fingerprint density at radius 3 is 2.61 bits per heavy atom. The SMILES string of the molecule is Cl.O=C(N[C@H]1CN(C2CCCCC2)C[C@@H]1C1CC1)c1cn[nH]n1. The molecule has 3 fully saturated rings. The van der Waals surface area contributed by atoms with Gasteiger partial charge in [0.2, 0.25) is 0 Å². The second-order valence-corrected chi connectivity index (χ2v) is 7.18. The van der Waals surface area contributed by atoms with E-state index in [0.717, 1.165) is 18.5 Å². The summed E-state index contributed by atoms with van der Waals surface area (Å²) in [6.07, 6.45) is 11.0. The number of nitrogens with one attached hydrogen (secondary N) is 2. The summed E-state index contributed by atoms with van der Waals surface area (Å²) in [5.74, 6) is 1.35. The molecule has 2 heterocycles. The number of nitrogens with zero attached hydrogens (tertiary/aromatic N) is 3. The Hall–Kier alpha value is -1.14. The molecule has 6 nitrogen and oxygen atoms in total. The first kappa shape index (κ1) is 16.7. The van der Waals surface area contributed by atoms with E-state index in [9.17, 15) is 4.79 Å². The highest BCUT2D eigenvalue weighted by Crippen LogP contribution is 2.42. The van der Waals surface area contributed by atoms with Crippen molar-refractivity contribution < 1.29 is 4.79 Å². The fourth-order valence-electron chi connectivity index (χ4n) is 4.31. The van der Waals surface area contributed by atoms with Gasteiger partial charge in [-0.3, -0.25) is 9.69 Å². The van der Waals surface area contributed by atoms with Crippen LogP contribution in [0.3, 0.4) is 0 Å². The number of hydrogen-bond donors (Lipinski definition) is 2. The Bertz CT molecular complexity index is 513. The normalized spacial score (nSPS) is 29.2. The zero-order chi connectivity index (χ0) is 14.9. The predicted octanol–water partition coefficient (Wildman–Crippen LogP) is 2.00. The second kappa shape index (κ2) is 7.18. The molecule has 7 heteroatoms. The summed E-state index contributed by atoms with van der Waals surface area (Å²) in [4.78, 5) is 14.9. The molecule has 128 valence electrons. The fourth-order valence-corrected chi connectivity index (χ4v) is 4.31. The first-order valence-corrected chi connectivity index (χ1v) is 8.72. The van der Waals surface area contributed by atoms with Crippen molar-refractivity contribution in [2.75, 3.05) is 13.1 Å². The molecule has 4 rings (SSSR count). The largest absolute Gasteiger partial charge is 0.346 e. The Kier molecular flexibility index (Phi) is 5.21. The topological polar surface area (TPSA) is 73.9 Å². The molecule has 23 heavy (non-hydrogen) atoms. The average molecular weight is 340 g/mol. The quantitative estimate of drug-likeness (QED) is 0.880. The van der Waals surface area contributed by atoms with Crippen LogP contribution in [-0.2, 0) is 0 Å². The van der Waals surface area contributed by atoms with E-state index in [1.165, 1.54) is 57.7 Å². The maximum absolute atomic E-state index is 12.3. The minimum atomic E-state index is -0.0881. The minimum absolute atomic E-state index is 0. The monoisotopic (exact) mass is 339 g/mol. The van der Waals surface area contributed by atoms with E-state index >= 15 is 0 Å². The van der Waals surface area contributed by atoms with Crippen LogP contribution in [0.5, 0.6) is 0 Å². The van der Waals surface area contributed by atoms with E-state index in [4.69, 9.17) is 0 Å². The van der Waals surface area contributed by atoms with Crippen LogP contribution in [0.15, 0.2) is 6.20 Å². The van der Waals surface area contributed by atoms with E-state index in [1.54, 1.807) is 0 Å². The van der Waals surface area contributed by atoms with Gasteiger partial charge in [-0.15, -0.1) is 12.4 Å². The van der Waals surface area contributed by atoms with Crippen LogP contribution in [0, 0.1) is 11.8 Å². The van der Waals surface area contributed by atoms with Gasteiger partial charge >= 0.3 is 0 Å². The van der Waals surface area contributed by atoms with Gasteiger partial charge in [-0.2, -0.15) is 15.4 Å². The third-order valence-electron chi connectivity index (χ3n) is 5.68. The lowest BCUT2D eigenvalue weighted by atomic mass is 9.94. The molecule has 2 atom stereocenters. The van der Waals surface area contributed by atoms with E-state index in [-0.39, 0.29) is 24.4 Å². The third kappa shape index (κ3) is 3.69. The van der Waals surface area contributed by atoms with Gasteiger partial charge in [0.05, 0.1) is 6.20 Å². The van der Waals surface area contributed by atoms with Gasteiger partial charge in [0.1, 0.15) is 0 Å². The fraction of sp³-hybridized carbons (Fsp3) is 0.812. The van der Waals surface area contributed by atoms with Crippen LogP contribution >= 0.6 is 12.4 Å². The van der Waals surface area contributed by atoms with Crippen molar-refractivity contribution in [2.24, 2.45) is 11.8 Å². The van der Waals surface area contributed by atoms with Gasteiger partial charge < -0.3 is 5.32 Å². The van der Waals surface area contributed by atoms with Gasteiger partial charge in [-0.25, -0.2) is 0 Å². The van der Waals surface area contributed by atoms with Crippen LogP contribution in [0.4, 0.5) is 0 Å². The highest BCUT2D eigenvalue weighted by molar-refractivity contribution is 5.92. The number of halogens is 1. The number of aromatic nitrogens is 3. The van der Waals surface area contributed by atoms with E-state index in [0.29, 0.717) is 11.6 Å². The summed E-state index contributed by atoms with van der Waals surface area (Å²) in [5.41, 5.74) is 0.394. The lowest BCUT2D eigenvalue weighted by molar-refractivity contribution is 0.0921. The van der Waals surface area contributed by atoms with Crippen molar-refractivity contribution in [3.63, 3.8) is 0 Å². The Morgan fingerprint density at radius 1 is 1.17 bits per heavy atom. The predicted molar refractivity (Wildman–Crippen MR) is 89.5 cm³/mol. The summed E-state index contributed by atoms with van der Waals surface area (Å²) in [5, 5.41) is 13.3. The standard InChI is InChI=1S/C16H25N5O.ClH/c22-16(14-8-17-20-19-14)18-15-10-21(9-13(15)11-6-7-11)12-4-2-1-3-5-12;/h8,11-13,15H,1-7,9-10H2,(H,18,22)(H,17,19,20);1H/t13-,15+;/m1./s1. The van der Waals surface area contributed by atoms with Gasteiger partial charge in [-0.1, -0.05) is 19.3 Å². The van der Waals surface area contributed by atoms with Gasteiger partial charge in [0.15, 0.2) is 5.69 Å². The number of carbonyl (C=O) groups is 1. The first-order valence-electron chi connectivity index (χ1n) is 8.72. The number of aromatic amines is 1. The summed E-state index contributed by atoms with van der Waals surface area (Å²) in [6.45, 7) is 2.18. The lowest BCUT2D eigenvalue weighted by Gasteiger charge is -2.31. The first-order chi connectivity index (χ1) is 10.8. The molecule has 1 aromatic heterocycles. The van der Waals surface area contributed by atoms with Crippen LogP contribution in [0.1, 0.15) is 55.4 Å². The Balaban J connectivity index is 0.00000156. The molecule has 1 saturated heterocycles. The van der Waals surface area contributed by atoms with E-state index < -0.39 is 0 Å². The molecule has 1 amide bonds. The number of carbonyl (C=O) groups excluding carboxylic acids is 1. The molecule has 3 aliphatic rings. The van der Waals surface area contributed by atoms with Crippen molar-refractivity contribution in [1.29, 1.82) is 0 Å². The highest BCUT2D eigenvalue weighted by atomic mass is 35.5. The van der Waals surface area contributed by atoms with Crippen LogP contribution in [0.25, 0.3) is 0 Å². The zero-order valence-corrected chi connectivity index (χ0v) is 14.2. The summed E-state index contributed by atoms with van der Waals surface area (Å²) < 4.78 is 0. The van der Waals surface area contributed by atoms with Crippen LogP contribution < -0.4 is 5.32 Å². The maximum Gasteiger partial charge on any atom is 0.273 e. The van der Waals surface area contributed by atoms with Gasteiger partial charge in [-0.05, 0) is 37.5 Å². The number of rotatable bonds is 4. The molecule has 2 saturated carbocycles. The summed E-state index contributed by atoms with van der Waals surface area (Å²) in [6, 6.07) is 1.02. The molecular weight excluding hydrogens is 314 g/mol. The molecule has 1 aromatic rings.